The Balaban J connectivity index is 1.92. The van der Waals surface area contributed by atoms with E-state index in [0.717, 1.165) is 43.2 Å². The van der Waals surface area contributed by atoms with Crippen LogP contribution in [0.3, 0.4) is 0 Å². The maximum Gasteiger partial charge on any atom is 0.0714 e. The molecular formula is C12H18ClN3O. The fourth-order valence-corrected chi connectivity index (χ4v) is 2.22. The molecule has 0 bridgehead atoms. The van der Waals surface area contributed by atoms with Crippen molar-refractivity contribution >= 4 is 11.6 Å². The van der Waals surface area contributed by atoms with E-state index in [4.69, 9.17) is 22.1 Å². The molecule has 0 radical (unpaired) electrons. The Hall–Kier alpha value is -0.680. The van der Waals surface area contributed by atoms with E-state index in [1.165, 1.54) is 0 Å². The number of hydrogen-bond acceptors (Lipinski definition) is 4. The molecule has 1 aliphatic rings. The van der Waals surface area contributed by atoms with Crippen molar-refractivity contribution in [2.75, 3.05) is 26.2 Å². The SMILES string of the molecule is NCC[C@@H]1CN(Cc2cnccc2Cl)CCO1. The molecule has 1 aromatic heterocycles. The number of halogens is 1. The van der Waals surface area contributed by atoms with Gasteiger partial charge in [-0.2, -0.15) is 0 Å². The van der Waals surface area contributed by atoms with Crippen molar-refractivity contribution in [2.24, 2.45) is 5.73 Å². The Bertz CT molecular complexity index is 359. The van der Waals surface area contributed by atoms with Crippen LogP contribution in [0.25, 0.3) is 0 Å². The number of aromatic nitrogens is 1. The molecule has 2 rings (SSSR count). The van der Waals surface area contributed by atoms with Crippen LogP contribution in [0.4, 0.5) is 0 Å². The number of hydrogen-bond donors (Lipinski definition) is 1. The third kappa shape index (κ3) is 3.64. The predicted molar refractivity (Wildman–Crippen MR) is 67.9 cm³/mol. The van der Waals surface area contributed by atoms with Gasteiger partial charge in [0.25, 0.3) is 0 Å². The highest BCUT2D eigenvalue weighted by Gasteiger charge is 2.20. The summed E-state index contributed by atoms with van der Waals surface area (Å²) < 4.78 is 5.65. The number of ether oxygens (including phenoxy) is 1. The van der Waals surface area contributed by atoms with Crippen LogP contribution >= 0.6 is 11.6 Å². The summed E-state index contributed by atoms with van der Waals surface area (Å²) in [7, 11) is 0. The van der Waals surface area contributed by atoms with Gasteiger partial charge in [0.2, 0.25) is 0 Å². The summed E-state index contributed by atoms with van der Waals surface area (Å²) in [5.41, 5.74) is 6.62. The van der Waals surface area contributed by atoms with Crippen LogP contribution in [0.15, 0.2) is 18.5 Å². The molecule has 17 heavy (non-hydrogen) atoms. The maximum absolute atomic E-state index is 6.12. The molecule has 1 aliphatic heterocycles. The molecule has 1 aromatic rings. The van der Waals surface area contributed by atoms with Crippen LogP contribution in [0.2, 0.25) is 5.02 Å². The third-order valence-electron chi connectivity index (χ3n) is 2.95. The Morgan fingerprint density at radius 2 is 2.47 bits per heavy atom. The highest BCUT2D eigenvalue weighted by molar-refractivity contribution is 6.31. The van der Waals surface area contributed by atoms with Crippen LogP contribution in [-0.4, -0.2) is 42.2 Å². The van der Waals surface area contributed by atoms with E-state index >= 15 is 0 Å². The Labute approximate surface area is 107 Å². The molecule has 1 saturated heterocycles. The van der Waals surface area contributed by atoms with Gasteiger partial charge in [0.05, 0.1) is 12.7 Å². The van der Waals surface area contributed by atoms with E-state index in [1.807, 2.05) is 12.3 Å². The zero-order valence-electron chi connectivity index (χ0n) is 9.81. The summed E-state index contributed by atoms with van der Waals surface area (Å²) in [5.74, 6) is 0. The van der Waals surface area contributed by atoms with E-state index in [2.05, 4.69) is 9.88 Å². The molecular weight excluding hydrogens is 238 g/mol. The summed E-state index contributed by atoms with van der Waals surface area (Å²) in [5, 5.41) is 0.780. The highest BCUT2D eigenvalue weighted by Crippen LogP contribution is 2.17. The lowest BCUT2D eigenvalue weighted by Crippen LogP contribution is -2.42. The quantitative estimate of drug-likeness (QED) is 0.881. The van der Waals surface area contributed by atoms with Crippen molar-refractivity contribution in [3.05, 3.63) is 29.0 Å². The zero-order chi connectivity index (χ0) is 12.1. The second-order valence-electron chi connectivity index (χ2n) is 4.27. The largest absolute Gasteiger partial charge is 0.376 e. The van der Waals surface area contributed by atoms with Crippen LogP contribution in [0.5, 0.6) is 0 Å². The zero-order valence-corrected chi connectivity index (χ0v) is 10.6. The van der Waals surface area contributed by atoms with E-state index in [-0.39, 0.29) is 6.10 Å². The van der Waals surface area contributed by atoms with Gasteiger partial charge >= 0.3 is 0 Å². The summed E-state index contributed by atoms with van der Waals surface area (Å²) in [6.07, 6.45) is 4.71. The molecule has 0 amide bonds. The Morgan fingerprint density at radius 1 is 1.59 bits per heavy atom. The fourth-order valence-electron chi connectivity index (χ4n) is 2.05. The number of nitrogens with two attached hydrogens (primary N) is 1. The maximum atomic E-state index is 6.12. The lowest BCUT2D eigenvalue weighted by Gasteiger charge is -2.32. The van der Waals surface area contributed by atoms with Gasteiger partial charge in [0.1, 0.15) is 0 Å². The number of pyridine rings is 1. The van der Waals surface area contributed by atoms with Crippen molar-refractivity contribution < 1.29 is 4.74 Å². The van der Waals surface area contributed by atoms with Gasteiger partial charge < -0.3 is 10.5 Å². The van der Waals surface area contributed by atoms with Crippen molar-refractivity contribution in [1.82, 2.24) is 9.88 Å². The second kappa shape index (κ2) is 6.31. The summed E-state index contributed by atoms with van der Waals surface area (Å²) in [6.45, 7) is 4.13. The molecule has 4 nitrogen and oxygen atoms in total. The molecule has 0 unspecified atom stereocenters. The average Bonchev–Trinajstić information content (AvgIpc) is 2.33. The smallest absolute Gasteiger partial charge is 0.0714 e. The first-order chi connectivity index (χ1) is 8.29. The normalized spacial score (nSPS) is 21.6. The first kappa shape index (κ1) is 12.8. The van der Waals surface area contributed by atoms with Gasteiger partial charge in [-0.25, -0.2) is 0 Å². The molecule has 0 aliphatic carbocycles. The van der Waals surface area contributed by atoms with Gasteiger partial charge in [-0.15, -0.1) is 0 Å². The van der Waals surface area contributed by atoms with Crippen molar-refractivity contribution in [3.63, 3.8) is 0 Å². The Morgan fingerprint density at radius 3 is 3.24 bits per heavy atom. The van der Waals surface area contributed by atoms with E-state index in [1.54, 1.807) is 6.20 Å². The van der Waals surface area contributed by atoms with Gasteiger partial charge in [0.15, 0.2) is 0 Å². The molecule has 1 atom stereocenters. The van der Waals surface area contributed by atoms with Crippen molar-refractivity contribution in [2.45, 2.75) is 19.1 Å². The molecule has 1 fully saturated rings. The summed E-state index contributed by atoms with van der Waals surface area (Å²) in [4.78, 5) is 6.44. The second-order valence-corrected chi connectivity index (χ2v) is 4.68. The first-order valence-corrected chi connectivity index (χ1v) is 6.30. The standard InChI is InChI=1S/C12H18ClN3O/c13-12-2-4-15-7-10(12)8-16-5-6-17-11(9-16)1-3-14/h2,4,7,11H,1,3,5-6,8-9,14H2/t11-/m1/s1. The summed E-state index contributed by atoms with van der Waals surface area (Å²) in [6, 6.07) is 1.83. The molecule has 2 heterocycles. The van der Waals surface area contributed by atoms with Crippen LogP contribution in [0, 0.1) is 0 Å². The molecule has 2 N–H and O–H groups in total. The molecule has 0 aromatic carbocycles. The molecule has 0 saturated carbocycles. The summed E-state index contributed by atoms with van der Waals surface area (Å²) >= 11 is 6.12. The molecule has 5 heteroatoms. The average molecular weight is 256 g/mol. The van der Waals surface area contributed by atoms with Gasteiger partial charge in [-0.05, 0) is 19.0 Å². The van der Waals surface area contributed by atoms with Gasteiger partial charge in [-0.1, -0.05) is 11.6 Å². The topological polar surface area (TPSA) is 51.4 Å². The minimum absolute atomic E-state index is 0.254. The lowest BCUT2D eigenvalue weighted by molar-refractivity contribution is -0.0335. The van der Waals surface area contributed by atoms with Crippen molar-refractivity contribution in [3.8, 4) is 0 Å². The predicted octanol–water partition coefficient (Wildman–Crippen LogP) is 1.28. The number of morpholine rings is 1. The fraction of sp³-hybridized carbons (Fsp3) is 0.583. The van der Waals surface area contributed by atoms with Crippen LogP contribution < -0.4 is 5.73 Å². The lowest BCUT2D eigenvalue weighted by atomic mass is 10.2. The van der Waals surface area contributed by atoms with Crippen LogP contribution in [0.1, 0.15) is 12.0 Å². The van der Waals surface area contributed by atoms with Crippen LogP contribution in [-0.2, 0) is 11.3 Å². The van der Waals surface area contributed by atoms with Crippen molar-refractivity contribution in [1.29, 1.82) is 0 Å². The van der Waals surface area contributed by atoms with Gasteiger partial charge in [-0.3, -0.25) is 9.88 Å². The molecule has 0 spiro atoms. The number of nitrogens with zero attached hydrogens (tertiary/aromatic N) is 2. The first-order valence-electron chi connectivity index (χ1n) is 5.92. The van der Waals surface area contributed by atoms with E-state index in [0.29, 0.717) is 6.54 Å². The minimum Gasteiger partial charge on any atom is -0.376 e. The number of rotatable bonds is 4. The monoisotopic (exact) mass is 255 g/mol. The third-order valence-corrected chi connectivity index (χ3v) is 3.32. The molecule has 94 valence electrons. The van der Waals surface area contributed by atoms with Gasteiger partial charge in [0, 0.05) is 42.6 Å². The highest BCUT2D eigenvalue weighted by atomic mass is 35.5. The minimum atomic E-state index is 0.254. The Kier molecular flexibility index (Phi) is 4.74. The van der Waals surface area contributed by atoms with E-state index in [9.17, 15) is 0 Å². The van der Waals surface area contributed by atoms with E-state index < -0.39 is 0 Å².